The molecule has 0 saturated carbocycles. The molecular formula is C15H18ClN3. The predicted molar refractivity (Wildman–Crippen MR) is 78.2 cm³/mol. The highest BCUT2D eigenvalue weighted by Gasteiger charge is 2.12. The summed E-state index contributed by atoms with van der Waals surface area (Å²) in [5.74, 6) is 0. The van der Waals surface area contributed by atoms with Gasteiger partial charge in [0.25, 0.3) is 0 Å². The van der Waals surface area contributed by atoms with Gasteiger partial charge in [0.15, 0.2) is 0 Å². The fourth-order valence-corrected chi connectivity index (χ4v) is 2.23. The molecule has 3 nitrogen and oxygen atoms in total. The Morgan fingerprint density at radius 3 is 2.74 bits per heavy atom. The molecule has 0 fully saturated rings. The summed E-state index contributed by atoms with van der Waals surface area (Å²) in [5.41, 5.74) is 2.32. The molecule has 0 aliphatic carbocycles. The van der Waals surface area contributed by atoms with Gasteiger partial charge in [0, 0.05) is 29.0 Å². The maximum Gasteiger partial charge on any atom is 0.115 e. The molecule has 0 aliphatic heterocycles. The molecule has 1 heterocycles. The number of rotatable bonds is 6. The number of halogens is 1. The molecule has 0 radical (unpaired) electrons. The molecule has 1 unspecified atom stereocenters. The number of nitrogens with zero attached hydrogens (tertiary/aromatic N) is 2. The molecule has 0 spiro atoms. The summed E-state index contributed by atoms with van der Waals surface area (Å²) in [6, 6.07) is 8.20. The van der Waals surface area contributed by atoms with Gasteiger partial charge in [0.05, 0.1) is 0 Å². The Hall–Kier alpha value is -1.45. The molecule has 1 aromatic heterocycles. The lowest BCUT2D eigenvalue weighted by molar-refractivity contribution is 0.526. The second kappa shape index (κ2) is 7.22. The summed E-state index contributed by atoms with van der Waals surface area (Å²) in [5, 5.41) is 4.30. The van der Waals surface area contributed by atoms with E-state index < -0.39 is 0 Å². The third kappa shape index (κ3) is 4.30. The predicted octanol–water partition coefficient (Wildman–Crippen LogP) is 3.41. The average molecular weight is 276 g/mol. The van der Waals surface area contributed by atoms with Crippen LogP contribution in [-0.2, 0) is 6.42 Å². The fourth-order valence-electron chi connectivity index (χ4n) is 2.02. The molecule has 0 aliphatic rings. The van der Waals surface area contributed by atoms with Crippen molar-refractivity contribution in [2.75, 3.05) is 6.54 Å². The van der Waals surface area contributed by atoms with Crippen LogP contribution in [0.5, 0.6) is 0 Å². The van der Waals surface area contributed by atoms with Gasteiger partial charge in [-0.15, -0.1) is 0 Å². The molecule has 0 bridgehead atoms. The number of benzene rings is 1. The van der Waals surface area contributed by atoms with Gasteiger partial charge in [-0.25, -0.2) is 9.97 Å². The van der Waals surface area contributed by atoms with E-state index in [1.165, 1.54) is 5.56 Å². The zero-order valence-corrected chi connectivity index (χ0v) is 11.8. The van der Waals surface area contributed by atoms with Gasteiger partial charge in [0.2, 0.25) is 0 Å². The zero-order chi connectivity index (χ0) is 13.5. The number of nitrogens with one attached hydrogen (secondary N) is 1. The van der Waals surface area contributed by atoms with E-state index in [1.54, 1.807) is 6.33 Å². The van der Waals surface area contributed by atoms with E-state index in [0.29, 0.717) is 0 Å². The first-order valence-electron chi connectivity index (χ1n) is 6.52. The second-order valence-corrected chi connectivity index (χ2v) is 4.95. The minimum Gasteiger partial charge on any atom is -0.310 e. The summed E-state index contributed by atoms with van der Waals surface area (Å²) < 4.78 is 0. The van der Waals surface area contributed by atoms with Gasteiger partial charge in [-0.05, 0) is 37.1 Å². The van der Waals surface area contributed by atoms with Crippen LogP contribution in [0.2, 0.25) is 5.02 Å². The Bertz CT molecular complexity index is 502. The largest absolute Gasteiger partial charge is 0.310 e. The van der Waals surface area contributed by atoms with Crippen LogP contribution >= 0.6 is 11.6 Å². The van der Waals surface area contributed by atoms with E-state index in [2.05, 4.69) is 28.3 Å². The molecule has 100 valence electrons. The first kappa shape index (κ1) is 14.0. The minimum atomic E-state index is 0.222. The highest BCUT2D eigenvalue weighted by Crippen LogP contribution is 2.19. The van der Waals surface area contributed by atoms with E-state index in [0.717, 1.165) is 30.0 Å². The van der Waals surface area contributed by atoms with E-state index >= 15 is 0 Å². The molecule has 2 rings (SSSR count). The van der Waals surface area contributed by atoms with E-state index in [1.807, 2.05) is 30.6 Å². The Labute approximate surface area is 119 Å². The number of hydrogen-bond donors (Lipinski definition) is 1. The molecule has 2 aromatic rings. The van der Waals surface area contributed by atoms with E-state index in [-0.39, 0.29) is 6.04 Å². The highest BCUT2D eigenvalue weighted by molar-refractivity contribution is 6.30. The topological polar surface area (TPSA) is 37.8 Å². The van der Waals surface area contributed by atoms with Crippen LogP contribution in [0.3, 0.4) is 0 Å². The SMILES string of the molecule is CCCNC(Cc1cccc(Cl)c1)c1cncnc1. The zero-order valence-electron chi connectivity index (χ0n) is 11.0. The van der Waals surface area contributed by atoms with Crippen LogP contribution in [0.25, 0.3) is 0 Å². The maximum atomic E-state index is 6.03. The standard InChI is InChI=1S/C15H18ClN3/c1-2-6-19-15(13-9-17-11-18-10-13)8-12-4-3-5-14(16)7-12/h3-5,7,9-11,15,19H,2,6,8H2,1H3. The summed E-state index contributed by atoms with van der Waals surface area (Å²) in [7, 11) is 0. The van der Waals surface area contributed by atoms with Crippen LogP contribution in [0.1, 0.15) is 30.5 Å². The molecule has 0 saturated heterocycles. The van der Waals surface area contributed by atoms with Crippen molar-refractivity contribution >= 4 is 11.6 Å². The smallest absolute Gasteiger partial charge is 0.115 e. The van der Waals surface area contributed by atoms with Crippen LogP contribution in [-0.4, -0.2) is 16.5 Å². The van der Waals surface area contributed by atoms with E-state index in [9.17, 15) is 0 Å². The summed E-state index contributed by atoms with van der Waals surface area (Å²) in [6.45, 7) is 3.13. The molecule has 1 atom stereocenters. The molecule has 0 amide bonds. The highest BCUT2D eigenvalue weighted by atomic mass is 35.5. The monoisotopic (exact) mass is 275 g/mol. The molecule has 1 N–H and O–H groups in total. The van der Waals surface area contributed by atoms with Crippen molar-refractivity contribution < 1.29 is 0 Å². The summed E-state index contributed by atoms with van der Waals surface area (Å²) in [6.07, 6.45) is 7.27. The van der Waals surface area contributed by atoms with Crippen LogP contribution in [0, 0.1) is 0 Å². The average Bonchev–Trinajstić information content (AvgIpc) is 2.44. The first-order chi connectivity index (χ1) is 9.29. The van der Waals surface area contributed by atoms with Gasteiger partial charge in [0.1, 0.15) is 6.33 Å². The Morgan fingerprint density at radius 1 is 1.26 bits per heavy atom. The fraction of sp³-hybridized carbons (Fsp3) is 0.333. The minimum absolute atomic E-state index is 0.222. The Balaban J connectivity index is 2.14. The second-order valence-electron chi connectivity index (χ2n) is 4.51. The lowest BCUT2D eigenvalue weighted by Gasteiger charge is -2.18. The quantitative estimate of drug-likeness (QED) is 0.878. The van der Waals surface area contributed by atoms with Gasteiger partial charge in [-0.3, -0.25) is 0 Å². The van der Waals surface area contributed by atoms with Gasteiger partial charge >= 0.3 is 0 Å². The van der Waals surface area contributed by atoms with Crippen molar-refractivity contribution in [3.63, 3.8) is 0 Å². The molecule has 4 heteroatoms. The van der Waals surface area contributed by atoms with Gasteiger partial charge in [-0.2, -0.15) is 0 Å². The molecular weight excluding hydrogens is 258 g/mol. The van der Waals surface area contributed by atoms with Crippen molar-refractivity contribution in [2.24, 2.45) is 0 Å². The lowest BCUT2D eigenvalue weighted by Crippen LogP contribution is -2.24. The van der Waals surface area contributed by atoms with Gasteiger partial charge < -0.3 is 5.32 Å². The lowest BCUT2D eigenvalue weighted by atomic mass is 10.0. The third-order valence-corrected chi connectivity index (χ3v) is 3.19. The summed E-state index contributed by atoms with van der Waals surface area (Å²) >= 11 is 6.03. The Morgan fingerprint density at radius 2 is 2.05 bits per heavy atom. The number of hydrogen-bond acceptors (Lipinski definition) is 3. The molecule has 1 aromatic carbocycles. The normalized spacial score (nSPS) is 12.3. The van der Waals surface area contributed by atoms with Crippen molar-refractivity contribution in [2.45, 2.75) is 25.8 Å². The van der Waals surface area contributed by atoms with Crippen molar-refractivity contribution in [3.8, 4) is 0 Å². The third-order valence-electron chi connectivity index (χ3n) is 2.95. The van der Waals surface area contributed by atoms with Crippen molar-refractivity contribution in [1.29, 1.82) is 0 Å². The van der Waals surface area contributed by atoms with E-state index in [4.69, 9.17) is 11.6 Å². The molecule has 19 heavy (non-hydrogen) atoms. The van der Waals surface area contributed by atoms with Crippen LogP contribution in [0.4, 0.5) is 0 Å². The maximum absolute atomic E-state index is 6.03. The number of aromatic nitrogens is 2. The van der Waals surface area contributed by atoms with Gasteiger partial charge in [-0.1, -0.05) is 30.7 Å². The van der Waals surface area contributed by atoms with Crippen LogP contribution in [0.15, 0.2) is 43.0 Å². The summed E-state index contributed by atoms with van der Waals surface area (Å²) in [4.78, 5) is 8.19. The van der Waals surface area contributed by atoms with Crippen LogP contribution < -0.4 is 5.32 Å². The first-order valence-corrected chi connectivity index (χ1v) is 6.90. The van der Waals surface area contributed by atoms with Crippen molar-refractivity contribution in [1.82, 2.24) is 15.3 Å². The van der Waals surface area contributed by atoms with Crippen molar-refractivity contribution in [3.05, 3.63) is 59.1 Å². The Kier molecular flexibility index (Phi) is 5.31.